The lowest BCUT2D eigenvalue weighted by molar-refractivity contribution is 0.0594. The molecule has 4 heterocycles. The number of aromatic nitrogens is 1. The Morgan fingerprint density at radius 2 is 1.79 bits per heavy atom. The van der Waals surface area contributed by atoms with Gasteiger partial charge in [-0.15, -0.1) is 11.3 Å². The molecule has 0 unspecified atom stereocenters. The number of ether oxygens (including phenoxy) is 3. The van der Waals surface area contributed by atoms with Crippen molar-refractivity contribution in [2.24, 2.45) is 5.73 Å². The van der Waals surface area contributed by atoms with Crippen LogP contribution in [0.3, 0.4) is 0 Å². The number of thiophene rings is 1. The third-order valence-electron chi connectivity index (χ3n) is 7.94. The van der Waals surface area contributed by atoms with Crippen LogP contribution in [0.25, 0.3) is 21.6 Å². The number of methoxy groups -OCH3 is 1. The lowest BCUT2D eigenvalue weighted by Crippen LogP contribution is -2.37. The molecule has 0 atom stereocenters. The highest BCUT2D eigenvalue weighted by molar-refractivity contribution is 7.13. The highest BCUT2D eigenvalue weighted by Crippen LogP contribution is 2.43. The number of benzene rings is 2. The molecule has 10 heteroatoms. The zero-order valence-electron chi connectivity index (χ0n) is 24.5. The molecule has 0 saturated carbocycles. The van der Waals surface area contributed by atoms with Gasteiger partial charge in [0.25, 0.3) is 5.91 Å². The Bertz CT molecular complexity index is 1690. The molecule has 0 spiro atoms. The van der Waals surface area contributed by atoms with Crippen molar-refractivity contribution in [3.8, 4) is 27.3 Å². The van der Waals surface area contributed by atoms with Gasteiger partial charge in [-0.1, -0.05) is 12.1 Å². The summed E-state index contributed by atoms with van der Waals surface area (Å²) in [7, 11) is 1.33. The molecule has 222 valence electrons. The number of carbonyl (C=O) groups excluding carboxylic acids is 2. The van der Waals surface area contributed by atoms with Crippen molar-refractivity contribution in [3.05, 3.63) is 81.4 Å². The first kappa shape index (κ1) is 28.9. The molecule has 1 amide bonds. The van der Waals surface area contributed by atoms with Crippen LogP contribution in [0, 0.1) is 13.8 Å². The zero-order valence-corrected chi connectivity index (χ0v) is 25.3. The van der Waals surface area contributed by atoms with Crippen LogP contribution >= 0.6 is 11.3 Å². The number of morpholine rings is 1. The van der Waals surface area contributed by atoms with Crippen LogP contribution in [0.1, 0.15) is 43.1 Å². The van der Waals surface area contributed by atoms with Crippen molar-refractivity contribution >= 4 is 34.7 Å². The molecular formula is C33H34N4O5S. The number of nitrogens with zero attached hydrogens (tertiary/aromatic N) is 2. The molecule has 2 aliphatic rings. The predicted octanol–water partition coefficient (Wildman–Crippen LogP) is 5.36. The van der Waals surface area contributed by atoms with Gasteiger partial charge in [-0.05, 0) is 71.8 Å². The number of pyridine rings is 1. The second-order valence-electron chi connectivity index (χ2n) is 10.7. The number of amides is 1. The minimum Gasteiger partial charge on any atom is -0.493 e. The fraction of sp³-hybridized carbons (Fsp3) is 0.303. The molecule has 6 rings (SSSR count). The number of esters is 1. The van der Waals surface area contributed by atoms with Gasteiger partial charge in [-0.2, -0.15) is 0 Å². The van der Waals surface area contributed by atoms with Gasteiger partial charge in [0.15, 0.2) is 5.69 Å². The molecule has 9 nitrogen and oxygen atoms in total. The summed E-state index contributed by atoms with van der Waals surface area (Å²) < 4.78 is 16.9. The SMILES string of the molecule is COC(=O)c1nc(N2CCOCC2)ccc1-c1cc2c(cc1C(=O)Nc1c(C)cc(CN)cc1C)-c1sccc1CCO2. The molecule has 2 aromatic heterocycles. The van der Waals surface area contributed by atoms with Crippen LogP contribution in [0.5, 0.6) is 5.75 Å². The first-order valence-electron chi connectivity index (χ1n) is 14.3. The molecule has 1 fully saturated rings. The summed E-state index contributed by atoms with van der Waals surface area (Å²) in [6.07, 6.45) is 0.763. The Labute approximate surface area is 254 Å². The van der Waals surface area contributed by atoms with Gasteiger partial charge in [0.05, 0.1) is 26.9 Å². The smallest absolute Gasteiger partial charge is 0.357 e. The number of aryl methyl sites for hydroxylation is 2. The minimum absolute atomic E-state index is 0.130. The Morgan fingerprint density at radius 3 is 2.51 bits per heavy atom. The molecule has 0 bridgehead atoms. The van der Waals surface area contributed by atoms with Gasteiger partial charge >= 0.3 is 5.97 Å². The topological polar surface area (TPSA) is 116 Å². The largest absolute Gasteiger partial charge is 0.493 e. The van der Waals surface area contributed by atoms with Crippen molar-refractivity contribution in [2.45, 2.75) is 26.8 Å². The predicted molar refractivity (Wildman–Crippen MR) is 168 cm³/mol. The Hall–Kier alpha value is -4.25. The van der Waals surface area contributed by atoms with Crippen molar-refractivity contribution in [1.82, 2.24) is 4.98 Å². The van der Waals surface area contributed by atoms with Gasteiger partial charge in [-0.25, -0.2) is 9.78 Å². The summed E-state index contributed by atoms with van der Waals surface area (Å²) in [5.41, 5.74) is 13.0. The van der Waals surface area contributed by atoms with Crippen molar-refractivity contribution < 1.29 is 23.8 Å². The number of rotatable bonds is 6. The van der Waals surface area contributed by atoms with E-state index in [1.54, 1.807) is 11.3 Å². The van der Waals surface area contributed by atoms with E-state index in [1.807, 2.05) is 50.2 Å². The lowest BCUT2D eigenvalue weighted by atomic mass is 9.93. The Morgan fingerprint density at radius 1 is 1.02 bits per heavy atom. The molecule has 2 aliphatic heterocycles. The maximum atomic E-state index is 14.2. The molecular weight excluding hydrogens is 564 g/mol. The number of nitrogens with two attached hydrogens (primary N) is 1. The number of anilines is 2. The average Bonchev–Trinajstić information content (AvgIpc) is 3.43. The van der Waals surface area contributed by atoms with E-state index < -0.39 is 5.97 Å². The maximum absolute atomic E-state index is 14.2. The van der Waals surface area contributed by atoms with E-state index in [-0.39, 0.29) is 11.6 Å². The number of fused-ring (bicyclic) bond motifs is 3. The standard InChI is InChI=1S/C33H34N4O5S/c1-19-14-21(18-34)15-20(2)29(19)36-32(38)25-16-26-27(42-10-6-22-7-13-43-31(22)26)17-24(25)23-4-5-28(35-30(23)33(39)40-3)37-8-11-41-12-9-37/h4-5,7,13-17H,6,8-12,18,34H2,1-3H3,(H,36,38). The zero-order chi connectivity index (χ0) is 30.1. The molecule has 2 aromatic carbocycles. The summed E-state index contributed by atoms with van der Waals surface area (Å²) in [5, 5.41) is 5.20. The molecule has 43 heavy (non-hydrogen) atoms. The van der Waals surface area contributed by atoms with Crippen LogP contribution in [-0.2, 0) is 22.4 Å². The van der Waals surface area contributed by atoms with E-state index in [0.29, 0.717) is 67.7 Å². The van der Waals surface area contributed by atoms with Gasteiger partial charge in [-0.3, -0.25) is 4.79 Å². The quantitative estimate of drug-likeness (QED) is 0.285. The Balaban J connectivity index is 1.52. The second kappa shape index (κ2) is 12.2. The van der Waals surface area contributed by atoms with Crippen LogP contribution < -0.4 is 20.7 Å². The molecule has 3 N–H and O–H groups in total. The minimum atomic E-state index is -0.586. The number of nitrogens with one attached hydrogen (secondary N) is 1. The van der Waals surface area contributed by atoms with Crippen LogP contribution in [0.4, 0.5) is 11.5 Å². The average molecular weight is 599 g/mol. The van der Waals surface area contributed by atoms with E-state index >= 15 is 0 Å². The highest BCUT2D eigenvalue weighted by atomic mass is 32.1. The molecule has 0 radical (unpaired) electrons. The van der Waals surface area contributed by atoms with E-state index in [0.717, 1.165) is 39.2 Å². The fourth-order valence-electron chi connectivity index (χ4n) is 5.76. The van der Waals surface area contributed by atoms with E-state index in [4.69, 9.17) is 24.9 Å². The third kappa shape index (κ3) is 5.61. The monoisotopic (exact) mass is 598 g/mol. The van der Waals surface area contributed by atoms with Crippen LogP contribution in [0.15, 0.2) is 47.8 Å². The van der Waals surface area contributed by atoms with Gasteiger partial charge in [0.1, 0.15) is 11.6 Å². The summed E-state index contributed by atoms with van der Waals surface area (Å²) in [6.45, 7) is 7.32. The summed E-state index contributed by atoms with van der Waals surface area (Å²) >= 11 is 1.62. The number of hydrogen-bond acceptors (Lipinski definition) is 9. The van der Waals surface area contributed by atoms with E-state index in [2.05, 4.69) is 21.7 Å². The summed E-state index contributed by atoms with van der Waals surface area (Å²) in [6, 6.07) is 13.5. The van der Waals surface area contributed by atoms with Crippen LogP contribution in [0.2, 0.25) is 0 Å². The van der Waals surface area contributed by atoms with Gasteiger partial charge < -0.3 is 30.2 Å². The summed E-state index contributed by atoms with van der Waals surface area (Å²) in [5.74, 6) is 0.413. The van der Waals surface area contributed by atoms with E-state index in [1.165, 1.54) is 12.7 Å². The maximum Gasteiger partial charge on any atom is 0.357 e. The van der Waals surface area contributed by atoms with Crippen molar-refractivity contribution in [3.63, 3.8) is 0 Å². The normalized spacial score (nSPS) is 14.3. The molecule has 1 saturated heterocycles. The van der Waals surface area contributed by atoms with Crippen LogP contribution in [-0.4, -0.2) is 56.9 Å². The fourth-order valence-corrected chi connectivity index (χ4v) is 6.74. The van der Waals surface area contributed by atoms with Crippen molar-refractivity contribution in [1.29, 1.82) is 0 Å². The lowest BCUT2D eigenvalue weighted by Gasteiger charge is -2.28. The third-order valence-corrected chi connectivity index (χ3v) is 8.93. The first-order valence-corrected chi connectivity index (χ1v) is 15.2. The Kier molecular flexibility index (Phi) is 8.16. The van der Waals surface area contributed by atoms with Gasteiger partial charge in [0.2, 0.25) is 0 Å². The summed E-state index contributed by atoms with van der Waals surface area (Å²) in [4.78, 5) is 35.3. The second-order valence-corrected chi connectivity index (χ2v) is 11.6. The van der Waals surface area contributed by atoms with Gasteiger partial charge in [0, 0.05) is 58.9 Å². The molecule has 0 aliphatic carbocycles. The first-order chi connectivity index (χ1) is 20.9. The number of carbonyl (C=O) groups is 2. The van der Waals surface area contributed by atoms with E-state index in [9.17, 15) is 9.59 Å². The highest BCUT2D eigenvalue weighted by Gasteiger charge is 2.27. The molecule has 4 aromatic rings. The van der Waals surface area contributed by atoms with Crippen molar-refractivity contribution in [2.75, 3.05) is 50.2 Å². The number of hydrogen-bond donors (Lipinski definition) is 2.